The van der Waals surface area contributed by atoms with E-state index in [1.165, 1.54) is 0 Å². The summed E-state index contributed by atoms with van der Waals surface area (Å²) in [7, 11) is 0. The summed E-state index contributed by atoms with van der Waals surface area (Å²) in [5, 5.41) is 28.7. The molecule has 3 N–H and O–H groups in total. The molecule has 2 amide bonds. The molecule has 1 fully saturated rings. The Hall–Kier alpha value is -5.25. The van der Waals surface area contributed by atoms with Crippen LogP contribution in [0.5, 0.6) is 0 Å². The van der Waals surface area contributed by atoms with Crippen molar-refractivity contribution in [3.8, 4) is 0 Å². The van der Waals surface area contributed by atoms with E-state index in [9.17, 15) is 39.4 Å². The third-order valence-electron chi connectivity index (χ3n) is 5.11. The Bertz CT molecular complexity index is 1180. The molecule has 16 heteroatoms. The molecular weight excluding hydrogens is 508 g/mol. The lowest BCUT2D eigenvalue weighted by Gasteiger charge is -2.12. The van der Waals surface area contributed by atoms with Gasteiger partial charge in [0.05, 0.1) is 21.0 Å². The van der Waals surface area contributed by atoms with Crippen molar-refractivity contribution in [3.05, 3.63) is 79.9 Å². The minimum Gasteiger partial charge on any atom is -0.372 e. The van der Waals surface area contributed by atoms with Crippen LogP contribution in [0.15, 0.2) is 53.5 Å². The van der Waals surface area contributed by atoms with E-state index in [4.69, 9.17) is 0 Å². The lowest BCUT2D eigenvalue weighted by molar-refractivity contribution is -0.385. The lowest BCUT2D eigenvalue weighted by atomic mass is 10.1. The van der Waals surface area contributed by atoms with Gasteiger partial charge in [-0.2, -0.15) is 0 Å². The van der Waals surface area contributed by atoms with Crippen LogP contribution in [0.1, 0.15) is 27.1 Å². The Labute approximate surface area is 213 Å². The van der Waals surface area contributed by atoms with Crippen LogP contribution in [0.25, 0.3) is 0 Å². The number of nitro groups is 2. The number of nitro benzene ring substituents is 2. The molecule has 1 heterocycles. The maximum Gasteiger partial charge on any atom is 0.421 e. The predicted octanol–water partition coefficient (Wildman–Crippen LogP) is 1.90. The minimum absolute atomic E-state index is 0.0872. The van der Waals surface area contributed by atoms with Crippen molar-refractivity contribution in [1.29, 1.82) is 0 Å². The molecule has 0 bridgehead atoms. The van der Waals surface area contributed by atoms with Gasteiger partial charge in [0.2, 0.25) is 5.96 Å². The molecule has 2 aromatic rings. The number of rotatable bonds is 6. The Morgan fingerprint density at radius 1 is 0.842 bits per heavy atom. The van der Waals surface area contributed by atoms with Crippen LogP contribution in [-0.2, 0) is 9.47 Å². The SMILES string of the molecule is O=C(NC(=NC[C@H]1CCNC1)NC(=O)OC(=O)c1ccc([N+](=O)[O-])cc1)OC(=O)c1ccc([N+](=O)[O-])cc1. The van der Waals surface area contributed by atoms with Crippen molar-refractivity contribution in [3.63, 3.8) is 0 Å². The predicted molar refractivity (Wildman–Crippen MR) is 127 cm³/mol. The number of esters is 2. The van der Waals surface area contributed by atoms with Crippen molar-refractivity contribution in [2.24, 2.45) is 10.9 Å². The van der Waals surface area contributed by atoms with Crippen LogP contribution in [0.2, 0.25) is 0 Å². The fraction of sp³-hybridized carbons (Fsp3) is 0.227. The largest absolute Gasteiger partial charge is 0.421 e. The molecule has 0 aromatic heterocycles. The molecule has 198 valence electrons. The number of carbonyl (C=O) groups excluding carboxylic acids is 4. The highest BCUT2D eigenvalue weighted by molar-refractivity contribution is 6.07. The average Bonchev–Trinajstić information content (AvgIpc) is 3.41. The van der Waals surface area contributed by atoms with Crippen molar-refractivity contribution in [1.82, 2.24) is 16.0 Å². The number of amides is 2. The summed E-state index contributed by atoms with van der Waals surface area (Å²) >= 11 is 0. The number of alkyl carbamates (subject to hydrolysis) is 2. The Balaban J connectivity index is 1.62. The first-order valence-electron chi connectivity index (χ1n) is 10.9. The highest BCUT2D eigenvalue weighted by Crippen LogP contribution is 2.14. The molecule has 0 spiro atoms. The second kappa shape index (κ2) is 12.6. The van der Waals surface area contributed by atoms with E-state index in [2.05, 4.69) is 30.4 Å². The monoisotopic (exact) mass is 528 g/mol. The summed E-state index contributed by atoms with van der Waals surface area (Å²) in [5.41, 5.74) is -0.842. The zero-order valence-electron chi connectivity index (χ0n) is 19.4. The minimum atomic E-state index is -1.33. The summed E-state index contributed by atoms with van der Waals surface area (Å²) in [5.74, 6) is -2.65. The molecule has 38 heavy (non-hydrogen) atoms. The summed E-state index contributed by atoms with van der Waals surface area (Å²) < 4.78 is 9.27. The maximum absolute atomic E-state index is 12.3. The van der Waals surface area contributed by atoms with Gasteiger partial charge in [0.25, 0.3) is 11.4 Å². The molecule has 0 radical (unpaired) electrons. The second-order valence-corrected chi connectivity index (χ2v) is 7.76. The first-order chi connectivity index (χ1) is 18.1. The molecule has 0 aliphatic carbocycles. The lowest BCUT2D eigenvalue weighted by Crippen LogP contribution is -2.45. The van der Waals surface area contributed by atoms with E-state index < -0.39 is 39.9 Å². The summed E-state index contributed by atoms with van der Waals surface area (Å²) in [6.45, 7) is 1.56. The molecule has 16 nitrogen and oxygen atoms in total. The van der Waals surface area contributed by atoms with Crippen LogP contribution in [0, 0.1) is 26.1 Å². The Morgan fingerprint density at radius 3 is 1.66 bits per heavy atom. The smallest absolute Gasteiger partial charge is 0.372 e. The summed E-state index contributed by atoms with van der Waals surface area (Å²) in [4.78, 5) is 73.1. The second-order valence-electron chi connectivity index (χ2n) is 7.76. The van der Waals surface area contributed by atoms with Crippen LogP contribution in [0.3, 0.4) is 0 Å². The number of aliphatic imine (C=N–C) groups is 1. The Morgan fingerprint density at radius 2 is 1.29 bits per heavy atom. The number of carbonyl (C=O) groups is 4. The number of benzene rings is 2. The zero-order chi connectivity index (χ0) is 27.7. The van der Waals surface area contributed by atoms with Gasteiger partial charge in [-0.25, -0.2) is 19.2 Å². The standard InChI is InChI=1S/C22H20N6O10/c29-18(14-1-5-16(6-2-14)27(33)34)37-21(31)25-20(24-12-13-9-10-23-11-13)26-22(32)38-19(30)15-3-7-17(8-4-15)28(35)36/h1-8,13,23H,9-12H2,(H2,24,25,26,31,32)/t13-/m0/s1. The van der Waals surface area contributed by atoms with E-state index >= 15 is 0 Å². The van der Waals surface area contributed by atoms with Crippen LogP contribution < -0.4 is 16.0 Å². The van der Waals surface area contributed by atoms with Gasteiger partial charge in [0, 0.05) is 30.8 Å². The third-order valence-corrected chi connectivity index (χ3v) is 5.11. The van der Waals surface area contributed by atoms with E-state index in [1.807, 2.05) is 0 Å². The summed E-state index contributed by atoms with van der Waals surface area (Å²) in [6, 6.07) is 8.58. The first-order valence-corrected chi connectivity index (χ1v) is 10.9. The van der Waals surface area contributed by atoms with Crippen LogP contribution in [-0.4, -0.2) is 59.6 Å². The van der Waals surface area contributed by atoms with Crippen molar-refractivity contribution >= 4 is 41.5 Å². The highest BCUT2D eigenvalue weighted by Gasteiger charge is 2.21. The topological polar surface area (TPSA) is 221 Å². The first kappa shape index (κ1) is 27.3. The van der Waals surface area contributed by atoms with Crippen LogP contribution >= 0.6 is 0 Å². The number of ether oxygens (including phenoxy) is 2. The van der Waals surface area contributed by atoms with E-state index in [-0.39, 0.29) is 35.0 Å². The van der Waals surface area contributed by atoms with Crippen molar-refractivity contribution in [2.75, 3.05) is 19.6 Å². The third kappa shape index (κ3) is 7.89. The van der Waals surface area contributed by atoms with E-state index in [0.717, 1.165) is 61.5 Å². The molecule has 0 saturated carbocycles. The number of nitrogens with zero attached hydrogens (tertiary/aromatic N) is 3. The molecule has 3 rings (SSSR count). The van der Waals surface area contributed by atoms with Crippen molar-refractivity contribution in [2.45, 2.75) is 6.42 Å². The normalized spacial score (nSPS) is 14.1. The molecule has 2 aromatic carbocycles. The molecule has 1 saturated heterocycles. The van der Waals surface area contributed by atoms with E-state index in [1.54, 1.807) is 0 Å². The number of non-ortho nitro benzene ring substituents is 2. The molecular formula is C22H20N6O10. The zero-order valence-corrected chi connectivity index (χ0v) is 19.4. The van der Waals surface area contributed by atoms with E-state index in [0.29, 0.717) is 6.54 Å². The Kier molecular flexibility index (Phi) is 9.09. The van der Waals surface area contributed by atoms with Gasteiger partial charge >= 0.3 is 24.1 Å². The highest BCUT2D eigenvalue weighted by atomic mass is 16.6. The van der Waals surface area contributed by atoms with Gasteiger partial charge in [0.1, 0.15) is 0 Å². The van der Waals surface area contributed by atoms with Gasteiger partial charge in [-0.1, -0.05) is 0 Å². The van der Waals surface area contributed by atoms with Gasteiger partial charge in [-0.15, -0.1) is 0 Å². The quantitative estimate of drug-likeness (QED) is 0.123. The molecule has 1 aliphatic heterocycles. The molecule has 1 aliphatic rings. The van der Waals surface area contributed by atoms with Crippen LogP contribution in [0.4, 0.5) is 21.0 Å². The van der Waals surface area contributed by atoms with Gasteiger partial charge in [-0.3, -0.25) is 35.9 Å². The summed E-state index contributed by atoms with van der Waals surface area (Å²) in [6.07, 6.45) is -1.89. The number of nitrogens with one attached hydrogen (secondary N) is 3. The number of guanidine groups is 1. The maximum atomic E-state index is 12.3. The fourth-order valence-electron chi connectivity index (χ4n) is 3.17. The number of hydrogen-bond acceptors (Lipinski definition) is 12. The molecule has 1 atom stereocenters. The number of hydrogen-bond donors (Lipinski definition) is 3. The van der Waals surface area contributed by atoms with Gasteiger partial charge in [0.15, 0.2) is 0 Å². The fourth-order valence-corrected chi connectivity index (χ4v) is 3.17. The van der Waals surface area contributed by atoms with Gasteiger partial charge < -0.3 is 14.8 Å². The van der Waals surface area contributed by atoms with Gasteiger partial charge in [-0.05, 0) is 49.7 Å². The average molecular weight is 528 g/mol. The molecule has 0 unspecified atom stereocenters. The van der Waals surface area contributed by atoms with Crippen molar-refractivity contribution < 1.29 is 38.5 Å².